The van der Waals surface area contributed by atoms with Crippen molar-refractivity contribution in [1.29, 1.82) is 0 Å². The van der Waals surface area contributed by atoms with Crippen LogP contribution < -0.4 is 5.32 Å². The van der Waals surface area contributed by atoms with E-state index >= 15 is 0 Å². The lowest BCUT2D eigenvalue weighted by Crippen LogP contribution is -2.45. The first-order chi connectivity index (χ1) is 8.52. The molecule has 1 aliphatic carbocycles. The summed E-state index contributed by atoms with van der Waals surface area (Å²) in [7, 11) is 0. The summed E-state index contributed by atoms with van der Waals surface area (Å²) in [4.78, 5) is 23.4. The molecule has 1 aromatic heterocycles. The van der Waals surface area contributed by atoms with Gasteiger partial charge in [-0.05, 0) is 55.0 Å². The Kier molecular flexibility index (Phi) is 3.71. The van der Waals surface area contributed by atoms with Crippen LogP contribution in [0.4, 0.5) is 0 Å². The van der Waals surface area contributed by atoms with Crippen LogP contribution in [0.15, 0.2) is 16.8 Å². The zero-order chi connectivity index (χ0) is 13.2. The molecular formula is C13H17NO3S. The zero-order valence-corrected chi connectivity index (χ0v) is 11.1. The molecule has 1 fully saturated rings. The highest BCUT2D eigenvalue weighted by molar-refractivity contribution is 7.07. The molecule has 0 aromatic carbocycles. The zero-order valence-electron chi connectivity index (χ0n) is 10.3. The van der Waals surface area contributed by atoms with E-state index in [4.69, 9.17) is 0 Å². The minimum Gasteiger partial charge on any atom is -0.480 e. The molecule has 1 aromatic rings. The Balaban J connectivity index is 2.00. The van der Waals surface area contributed by atoms with Crippen molar-refractivity contribution < 1.29 is 14.7 Å². The Hall–Kier alpha value is -1.36. The smallest absolute Gasteiger partial charge is 0.318 e. The standard InChI is InChI=1S/C13H17NO3S/c1-13(12(16)17,11(15)14-10-2-3-10)6-4-9-5-7-18-8-9/h5,7-8,10H,2-4,6H2,1H3,(H,14,15)(H,16,17). The molecule has 0 spiro atoms. The van der Waals surface area contributed by atoms with Crippen molar-refractivity contribution >= 4 is 23.2 Å². The lowest BCUT2D eigenvalue weighted by atomic mass is 9.83. The highest BCUT2D eigenvalue weighted by Gasteiger charge is 2.42. The number of hydrogen-bond acceptors (Lipinski definition) is 3. The van der Waals surface area contributed by atoms with Gasteiger partial charge in [-0.15, -0.1) is 0 Å². The molecule has 18 heavy (non-hydrogen) atoms. The third-order valence-electron chi connectivity index (χ3n) is 3.38. The van der Waals surface area contributed by atoms with E-state index in [0.29, 0.717) is 12.8 Å². The third kappa shape index (κ3) is 2.90. The number of aryl methyl sites for hydroxylation is 1. The fourth-order valence-corrected chi connectivity index (χ4v) is 2.42. The molecule has 1 amide bonds. The van der Waals surface area contributed by atoms with Crippen LogP contribution in [0.2, 0.25) is 0 Å². The number of carboxylic acid groups (broad SMARTS) is 1. The van der Waals surface area contributed by atoms with Crippen molar-refractivity contribution in [2.45, 2.75) is 38.6 Å². The molecule has 0 radical (unpaired) electrons. The van der Waals surface area contributed by atoms with Gasteiger partial charge in [0.15, 0.2) is 0 Å². The summed E-state index contributed by atoms with van der Waals surface area (Å²) < 4.78 is 0. The molecular weight excluding hydrogens is 250 g/mol. The summed E-state index contributed by atoms with van der Waals surface area (Å²) in [6.45, 7) is 1.51. The number of carboxylic acids is 1. The van der Waals surface area contributed by atoms with Crippen molar-refractivity contribution in [3.63, 3.8) is 0 Å². The van der Waals surface area contributed by atoms with Gasteiger partial charge in [-0.1, -0.05) is 0 Å². The highest BCUT2D eigenvalue weighted by Crippen LogP contribution is 2.28. The quantitative estimate of drug-likeness (QED) is 0.775. The van der Waals surface area contributed by atoms with Crippen molar-refractivity contribution in [2.75, 3.05) is 0 Å². The molecule has 1 unspecified atom stereocenters. The average Bonchev–Trinajstić information content (AvgIpc) is 2.98. The van der Waals surface area contributed by atoms with E-state index in [1.807, 2.05) is 16.8 Å². The fourth-order valence-electron chi connectivity index (χ4n) is 1.72. The highest BCUT2D eigenvalue weighted by atomic mass is 32.1. The van der Waals surface area contributed by atoms with Crippen molar-refractivity contribution in [2.24, 2.45) is 5.41 Å². The molecule has 0 bridgehead atoms. The first-order valence-corrected chi connectivity index (χ1v) is 7.02. The van der Waals surface area contributed by atoms with Crippen LogP contribution in [-0.4, -0.2) is 23.0 Å². The monoisotopic (exact) mass is 267 g/mol. The number of nitrogens with one attached hydrogen (secondary N) is 1. The maximum Gasteiger partial charge on any atom is 0.318 e. The molecule has 98 valence electrons. The predicted octanol–water partition coefficient (Wildman–Crippen LogP) is 2.05. The van der Waals surface area contributed by atoms with Gasteiger partial charge < -0.3 is 10.4 Å². The van der Waals surface area contributed by atoms with Gasteiger partial charge in [0.2, 0.25) is 5.91 Å². The van der Waals surface area contributed by atoms with E-state index < -0.39 is 11.4 Å². The molecule has 0 aliphatic heterocycles. The van der Waals surface area contributed by atoms with E-state index in [0.717, 1.165) is 18.4 Å². The Morgan fingerprint density at radius 1 is 1.56 bits per heavy atom. The molecule has 0 saturated heterocycles. The van der Waals surface area contributed by atoms with Crippen LogP contribution in [0.25, 0.3) is 0 Å². The van der Waals surface area contributed by atoms with Crippen LogP contribution >= 0.6 is 11.3 Å². The van der Waals surface area contributed by atoms with E-state index in [-0.39, 0.29) is 11.9 Å². The Bertz CT molecular complexity index is 439. The van der Waals surface area contributed by atoms with Gasteiger partial charge in [0.05, 0.1) is 0 Å². The molecule has 1 heterocycles. The summed E-state index contributed by atoms with van der Waals surface area (Å²) in [6.07, 6.45) is 2.87. The van der Waals surface area contributed by atoms with Gasteiger partial charge in [0.1, 0.15) is 5.41 Å². The van der Waals surface area contributed by atoms with E-state index in [9.17, 15) is 14.7 Å². The normalized spacial score (nSPS) is 18.1. The molecule has 2 N–H and O–H groups in total. The first-order valence-electron chi connectivity index (χ1n) is 6.08. The summed E-state index contributed by atoms with van der Waals surface area (Å²) in [5.41, 5.74) is -0.239. The van der Waals surface area contributed by atoms with Crippen molar-refractivity contribution in [3.05, 3.63) is 22.4 Å². The molecule has 4 nitrogen and oxygen atoms in total. The topological polar surface area (TPSA) is 66.4 Å². The lowest BCUT2D eigenvalue weighted by molar-refractivity contribution is -0.155. The third-order valence-corrected chi connectivity index (χ3v) is 4.11. The van der Waals surface area contributed by atoms with Crippen LogP contribution in [0.3, 0.4) is 0 Å². The van der Waals surface area contributed by atoms with Gasteiger partial charge >= 0.3 is 5.97 Å². The SMILES string of the molecule is CC(CCc1ccsc1)(C(=O)O)C(=O)NC1CC1. The molecule has 5 heteroatoms. The molecule has 1 saturated carbocycles. The number of rotatable bonds is 6. The van der Waals surface area contributed by atoms with Crippen LogP contribution in [0.5, 0.6) is 0 Å². The second-order valence-electron chi connectivity index (χ2n) is 5.02. The summed E-state index contributed by atoms with van der Waals surface area (Å²) >= 11 is 1.58. The maximum absolute atomic E-state index is 12.0. The number of hydrogen-bond donors (Lipinski definition) is 2. The summed E-state index contributed by atoms with van der Waals surface area (Å²) in [6, 6.07) is 2.16. The Morgan fingerprint density at radius 2 is 2.28 bits per heavy atom. The Labute approximate surface area is 110 Å². The number of carbonyl (C=O) groups excluding carboxylic acids is 1. The second-order valence-corrected chi connectivity index (χ2v) is 5.80. The number of aliphatic carboxylic acids is 1. The maximum atomic E-state index is 12.0. The van der Waals surface area contributed by atoms with Crippen LogP contribution in [0.1, 0.15) is 31.7 Å². The van der Waals surface area contributed by atoms with Crippen LogP contribution in [0, 0.1) is 5.41 Å². The van der Waals surface area contributed by atoms with Gasteiger partial charge in [0.25, 0.3) is 0 Å². The van der Waals surface area contributed by atoms with Crippen molar-refractivity contribution in [3.8, 4) is 0 Å². The van der Waals surface area contributed by atoms with E-state index in [2.05, 4.69) is 5.32 Å². The Morgan fingerprint density at radius 3 is 2.78 bits per heavy atom. The van der Waals surface area contributed by atoms with Crippen molar-refractivity contribution in [1.82, 2.24) is 5.32 Å². The van der Waals surface area contributed by atoms with Gasteiger partial charge in [-0.3, -0.25) is 9.59 Å². The minimum atomic E-state index is -1.33. The molecule has 1 aliphatic rings. The van der Waals surface area contributed by atoms with Gasteiger partial charge in [-0.2, -0.15) is 11.3 Å². The fraction of sp³-hybridized carbons (Fsp3) is 0.538. The first kappa shape index (κ1) is 13.1. The van der Waals surface area contributed by atoms with Crippen LogP contribution in [-0.2, 0) is 16.0 Å². The predicted molar refractivity (Wildman–Crippen MR) is 69.5 cm³/mol. The lowest BCUT2D eigenvalue weighted by Gasteiger charge is -2.23. The second kappa shape index (κ2) is 5.10. The summed E-state index contributed by atoms with van der Waals surface area (Å²) in [5, 5.41) is 16.0. The average molecular weight is 267 g/mol. The number of amides is 1. The van der Waals surface area contributed by atoms with Gasteiger partial charge in [0, 0.05) is 6.04 Å². The van der Waals surface area contributed by atoms with E-state index in [1.54, 1.807) is 11.3 Å². The number of thiophene rings is 1. The van der Waals surface area contributed by atoms with Gasteiger partial charge in [-0.25, -0.2) is 0 Å². The molecule has 2 rings (SSSR count). The molecule has 1 atom stereocenters. The summed E-state index contributed by atoms with van der Waals surface area (Å²) in [5.74, 6) is -1.40. The largest absolute Gasteiger partial charge is 0.480 e. The van der Waals surface area contributed by atoms with E-state index in [1.165, 1.54) is 6.92 Å². The minimum absolute atomic E-state index is 0.192. The number of carbonyl (C=O) groups is 2.